The number of benzene rings is 1. The third-order valence-electron chi connectivity index (χ3n) is 3.15. The van der Waals surface area contributed by atoms with Gasteiger partial charge < -0.3 is 14.6 Å². The molecule has 0 amide bonds. The van der Waals surface area contributed by atoms with Crippen molar-refractivity contribution in [3.63, 3.8) is 0 Å². The number of hydrogen-bond donors (Lipinski definition) is 1. The number of hydrogen-bond acceptors (Lipinski definition) is 5. The van der Waals surface area contributed by atoms with Crippen molar-refractivity contribution < 1.29 is 19.5 Å². The number of non-ortho nitro benzene ring substituents is 1. The molecule has 0 radical (unpaired) electrons. The summed E-state index contributed by atoms with van der Waals surface area (Å²) in [4.78, 5) is 10.2. The molecule has 1 aliphatic carbocycles. The highest BCUT2D eigenvalue weighted by atomic mass is 16.6. The van der Waals surface area contributed by atoms with E-state index in [4.69, 9.17) is 9.47 Å². The predicted molar refractivity (Wildman–Crippen MR) is 63.7 cm³/mol. The Labute approximate surface area is 104 Å². The van der Waals surface area contributed by atoms with Gasteiger partial charge in [-0.05, 0) is 18.6 Å². The Balaban J connectivity index is 2.14. The third-order valence-corrected chi connectivity index (χ3v) is 3.15. The normalized spacial score (nSPS) is 26.5. The third kappa shape index (κ3) is 2.30. The first-order valence-electron chi connectivity index (χ1n) is 5.65. The van der Waals surface area contributed by atoms with Crippen LogP contribution in [0.15, 0.2) is 18.2 Å². The number of methoxy groups -OCH3 is 1. The van der Waals surface area contributed by atoms with E-state index >= 15 is 0 Å². The summed E-state index contributed by atoms with van der Waals surface area (Å²) in [5.41, 5.74) is 0.807. The van der Waals surface area contributed by atoms with Crippen molar-refractivity contribution in [2.75, 3.05) is 7.11 Å². The van der Waals surface area contributed by atoms with E-state index in [9.17, 15) is 15.2 Å². The molecule has 0 saturated heterocycles. The van der Waals surface area contributed by atoms with Gasteiger partial charge in [-0.3, -0.25) is 10.1 Å². The molecule has 2 rings (SSSR count). The molecule has 98 valence electrons. The Morgan fingerprint density at radius 3 is 2.78 bits per heavy atom. The van der Waals surface area contributed by atoms with Crippen LogP contribution in [0.5, 0.6) is 5.75 Å². The van der Waals surface area contributed by atoms with E-state index in [0.29, 0.717) is 12.2 Å². The second kappa shape index (κ2) is 4.91. The van der Waals surface area contributed by atoms with Gasteiger partial charge in [-0.1, -0.05) is 0 Å². The van der Waals surface area contributed by atoms with Crippen molar-refractivity contribution in [2.24, 2.45) is 0 Å². The van der Waals surface area contributed by atoms with Crippen LogP contribution in [0, 0.1) is 17.0 Å². The lowest BCUT2D eigenvalue weighted by Crippen LogP contribution is -2.54. The number of rotatable bonds is 4. The maximum absolute atomic E-state index is 10.7. The zero-order valence-electron chi connectivity index (χ0n) is 10.2. The first-order valence-corrected chi connectivity index (χ1v) is 5.65. The lowest BCUT2D eigenvalue weighted by molar-refractivity contribution is -0.385. The van der Waals surface area contributed by atoms with Gasteiger partial charge in [0, 0.05) is 19.6 Å². The molecule has 0 spiro atoms. The molecule has 1 saturated carbocycles. The molecule has 0 heterocycles. The van der Waals surface area contributed by atoms with Gasteiger partial charge in [0.1, 0.15) is 18.0 Å². The molecular formula is C12H15NO5. The van der Waals surface area contributed by atoms with Crippen LogP contribution < -0.4 is 4.74 Å². The second-order valence-corrected chi connectivity index (χ2v) is 4.37. The van der Waals surface area contributed by atoms with Gasteiger partial charge in [0.2, 0.25) is 0 Å². The highest BCUT2D eigenvalue weighted by Crippen LogP contribution is 2.32. The molecular weight excluding hydrogens is 238 g/mol. The van der Waals surface area contributed by atoms with Crippen LogP contribution in [0.1, 0.15) is 12.0 Å². The number of nitro groups is 1. The van der Waals surface area contributed by atoms with E-state index in [1.165, 1.54) is 19.2 Å². The van der Waals surface area contributed by atoms with Crippen LogP contribution in [-0.2, 0) is 4.74 Å². The van der Waals surface area contributed by atoms with Gasteiger partial charge in [0.05, 0.1) is 17.1 Å². The summed E-state index contributed by atoms with van der Waals surface area (Å²) in [6.07, 6.45) is -0.686. The number of aliphatic hydroxyl groups is 1. The number of nitrogens with zero attached hydrogens (tertiary/aromatic N) is 1. The van der Waals surface area contributed by atoms with Crippen molar-refractivity contribution in [1.29, 1.82) is 0 Å². The standard InChI is InChI=1S/C12H15NO5/c1-7-3-4-8(13(15)16)5-10(7)18-11-6-9(14)12(11)17-2/h3-5,9,11-12,14H,6H2,1-2H3. The summed E-state index contributed by atoms with van der Waals surface area (Å²) in [7, 11) is 1.50. The highest BCUT2D eigenvalue weighted by Gasteiger charge is 2.42. The van der Waals surface area contributed by atoms with Crippen molar-refractivity contribution >= 4 is 5.69 Å². The molecule has 18 heavy (non-hydrogen) atoms. The number of ether oxygens (including phenoxy) is 2. The van der Waals surface area contributed by atoms with Crippen LogP contribution in [0.2, 0.25) is 0 Å². The lowest BCUT2D eigenvalue weighted by Gasteiger charge is -2.40. The van der Waals surface area contributed by atoms with Crippen LogP contribution >= 0.6 is 0 Å². The largest absolute Gasteiger partial charge is 0.487 e. The van der Waals surface area contributed by atoms with Crippen molar-refractivity contribution in [2.45, 2.75) is 31.7 Å². The minimum absolute atomic E-state index is 0.00978. The smallest absolute Gasteiger partial charge is 0.273 e. The van der Waals surface area contributed by atoms with Gasteiger partial charge in [-0.15, -0.1) is 0 Å². The second-order valence-electron chi connectivity index (χ2n) is 4.37. The van der Waals surface area contributed by atoms with Crippen LogP contribution in [0.4, 0.5) is 5.69 Å². The average molecular weight is 253 g/mol. The quantitative estimate of drug-likeness (QED) is 0.648. The van der Waals surface area contributed by atoms with Crippen LogP contribution in [-0.4, -0.2) is 35.5 Å². The predicted octanol–water partition coefficient (Wildman–Crippen LogP) is 1.43. The van der Waals surface area contributed by atoms with Gasteiger partial charge >= 0.3 is 0 Å². The number of nitro benzene ring substituents is 1. The van der Waals surface area contributed by atoms with E-state index < -0.39 is 11.0 Å². The van der Waals surface area contributed by atoms with Gasteiger partial charge in [0.15, 0.2) is 0 Å². The summed E-state index contributed by atoms with van der Waals surface area (Å²) in [6, 6.07) is 4.47. The number of aryl methyl sites for hydroxylation is 1. The van der Waals surface area contributed by atoms with Gasteiger partial charge in [-0.25, -0.2) is 0 Å². The molecule has 1 fully saturated rings. The molecule has 1 aromatic carbocycles. The molecule has 0 aliphatic heterocycles. The van der Waals surface area contributed by atoms with E-state index in [1.54, 1.807) is 6.07 Å². The van der Waals surface area contributed by atoms with E-state index in [0.717, 1.165) is 5.56 Å². The maximum atomic E-state index is 10.7. The van der Waals surface area contributed by atoms with Crippen LogP contribution in [0.3, 0.4) is 0 Å². The van der Waals surface area contributed by atoms with Crippen molar-refractivity contribution in [1.82, 2.24) is 0 Å². The van der Waals surface area contributed by atoms with Crippen molar-refractivity contribution in [3.8, 4) is 5.75 Å². The Bertz CT molecular complexity index is 462. The summed E-state index contributed by atoms with van der Waals surface area (Å²) >= 11 is 0. The molecule has 6 nitrogen and oxygen atoms in total. The average Bonchev–Trinajstić information content (AvgIpc) is 2.31. The Kier molecular flexibility index (Phi) is 3.49. The molecule has 1 aliphatic rings. The number of aliphatic hydroxyl groups excluding tert-OH is 1. The van der Waals surface area contributed by atoms with E-state index in [-0.39, 0.29) is 17.9 Å². The topological polar surface area (TPSA) is 81.8 Å². The SMILES string of the molecule is COC1C(O)CC1Oc1cc([N+](=O)[O-])ccc1C. The maximum Gasteiger partial charge on any atom is 0.273 e. The lowest BCUT2D eigenvalue weighted by atomic mass is 9.88. The minimum atomic E-state index is -0.529. The van der Waals surface area contributed by atoms with Gasteiger partial charge in [-0.2, -0.15) is 0 Å². The first kappa shape index (κ1) is 12.8. The Morgan fingerprint density at radius 1 is 1.50 bits per heavy atom. The van der Waals surface area contributed by atoms with E-state index in [1.807, 2.05) is 6.92 Å². The minimum Gasteiger partial charge on any atom is -0.487 e. The van der Waals surface area contributed by atoms with Gasteiger partial charge in [0.25, 0.3) is 5.69 Å². The molecule has 3 unspecified atom stereocenters. The Hall–Kier alpha value is -1.66. The zero-order valence-corrected chi connectivity index (χ0v) is 10.2. The molecule has 6 heteroatoms. The highest BCUT2D eigenvalue weighted by molar-refractivity contribution is 5.43. The fourth-order valence-electron chi connectivity index (χ4n) is 1.97. The Morgan fingerprint density at radius 2 is 2.22 bits per heavy atom. The fourth-order valence-corrected chi connectivity index (χ4v) is 1.97. The zero-order chi connectivity index (χ0) is 13.3. The summed E-state index contributed by atoms with van der Waals surface area (Å²) in [5, 5.41) is 20.1. The molecule has 3 atom stereocenters. The summed E-state index contributed by atoms with van der Waals surface area (Å²) in [5.74, 6) is 0.461. The monoisotopic (exact) mass is 253 g/mol. The summed E-state index contributed by atoms with van der Waals surface area (Å²) < 4.78 is 10.7. The summed E-state index contributed by atoms with van der Waals surface area (Å²) in [6.45, 7) is 1.82. The van der Waals surface area contributed by atoms with Crippen LogP contribution in [0.25, 0.3) is 0 Å². The first-order chi connectivity index (χ1) is 8.52. The fraction of sp³-hybridized carbons (Fsp3) is 0.500. The molecule has 1 aromatic rings. The molecule has 0 aromatic heterocycles. The molecule has 1 N–H and O–H groups in total. The van der Waals surface area contributed by atoms with Crippen molar-refractivity contribution in [3.05, 3.63) is 33.9 Å². The molecule has 0 bridgehead atoms. The van der Waals surface area contributed by atoms with E-state index in [2.05, 4.69) is 0 Å².